The lowest BCUT2D eigenvalue weighted by molar-refractivity contribution is -0.151. The van der Waals surface area contributed by atoms with Crippen molar-refractivity contribution < 1.29 is 39.5 Å². The van der Waals surface area contributed by atoms with Gasteiger partial charge in [-0.1, -0.05) is 74.8 Å². The predicted molar refractivity (Wildman–Crippen MR) is 126 cm³/mol. The van der Waals surface area contributed by atoms with Gasteiger partial charge in [0, 0.05) is 13.3 Å². The van der Waals surface area contributed by atoms with Crippen molar-refractivity contribution in [2.75, 3.05) is 13.2 Å². The Hall–Kier alpha value is -2.26. The molecule has 8 heteroatoms. The number of carbonyl (C=O) groups excluding carboxylic acids is 2. The molecule has 0 spiro atoms. The van der Waals surface area contributed by atoms with Crippen molar-refractivity contribution in [1.29, 1.82) is 0 Å². The van der Waals surface area contributed by atoms with E-state index < -0.39 is 36.4 Å². The van der Waals surface area contributed by atoms with Crippen molar-refractivity contribution in [2.24, 2.45) is 0 Å². The molecule has 0 saturated carbocycles. The number of carbonyl (C=O) groups is 2. The number of allylic oxidation sites excluding steroid dienone is 6. The van der Waals surface area contributed by atoms with Gasteiger partial charge in [0.1, 0.15) is 19.3 Å². The van der Waals surface area contributed by atoms with Crippen molar-refractivity contribution in [2.45, 2.75) is 83.2 Å². The van der Waals surface area contributed by atoms with Crippen molar-refractivity contribution in [3.05, 3.63) is 48.6 Å². The average Bonchev–Trinajstić information content (AvgIpc) is 2.77. The van der Waals surface area contributed by atoms with E-state index in [0.29, 0.717) is 6.42 Å². The lowest BCUT2D eigenvalue weighted by Gasteiger charge is -2.14. The summed E-state index contributed by atoms with van der Waals surface area (Å²) in [6, 6.07) is 0. The number of unbranched alkanes of at least 4 members (excludes halogenated alkanes) is 2. The Bertz CT molecular complexity index is 638. The normalized spacial score (nSPS) is 15.9. The Morgan fingerprint density at radius 3 is 2.03 bits per heavy atom. The van der Waals surface area contributed by atoms with E-state index in [9.17, 15) is 30.0 Å². The minimum Gasteiger partial charge on any atom is -0.463 e. The Morgan fingerprint density at radius 2 is 1.39 bits per heavy atom. The fourth-order valence-electron chi connectivity index (χ4n) is 2.60. The first-order chi connectivity index (χ1) is 15.8. The lowest BCUT2D eigenvalue weighted by atomic mass is 10.1. The highest BCUT2D eigenvalue weighted by Crippen LogP contribution is 2.08. The molecule has 0 aliphatic heterocycles. The number of ether oxygens (including phenoxy) is 2. The van der Waals surface area contributed by atoms with Crippen LogP contribution in [0.3, 0.4) is 0 Å². The maximum absolute atomic E-state index is 11.6. The van der Waals surface area contributed by atoms with Crippen LogP contribution < -0.4 is 0 Å². The third-order valence-electron chi connectivity index (χ3n) is 4.49. The van der Waals surface area contributed by atoms with Crippen LogP contribution in [-0.2, 0) is 19.1 Å². The van der Waals surface area contributed by atoms with Gasteiger partial charge in [-0.3, -0.25) is 9.59 Å². The van der Waals surface area contributed by atoms with Crippen LogP contribution in [0.15, 0.2) is 48.6 Å². The van der Waals surface area contributed by atoms with Gasteiger partial charge in [-0.2, -0.15) is 0 Å². The van der Waals surface area contributed by atoms with Gasteiger partial charge in [-0.25, -0.2) is 0 Å². The molecule has 0 aromatic carbocycles. The van der Waals surface area contributed by atoms with Gasteiger partial charge >= 0.3 is 11.9 Å². The maximum Gasteiger partial charge on any atom is 0.305 e. The quantitative estimate of drug-likeness (QED) is 0.137. The van der Waals surface area contributed by atoms with Crippen LogP contribution in [0.25, 0.3) is 0 Å². The molecule has 0 bridgehead atoms. The summed E-state index contributed by atoms with van der Waals surface area (Å²) < 4.78 is 9.46. The number of hydrogen-bond donors (Lipinski definition) is 4. The summed E-state index contributed by atoms with van der Waals surface area (Å²) in [5.74, 6) is -1.08. The van der Waals surface area contributed by atoms with E-state index in [2.05, 4.69) is 11.7 Å². The van der Waals surface area contributed by atoms with E-state index >= 15 is 0 Å². The smallest absolute Gasteiger partial charge is 0.305 e. The maximum atomic E-state index is 11.6. The van der Waals surface area contributed by atoms with E-state index in [1.165, 1.54) is 13.0 Å². The molecule has 188 valence electrons. The molecule has 0 amide bonds. The van der Waals surface area contributed by atoms with Crippen LogP contribution in [0.4, 0.5) is 0 Å². The average molecular weight is 469 g/mol. The lowest BCUT2D eigenvalue weighted by Crippen LogP contribution is -2.25. The van der Waals surface area contributed by atoms with Gasteiger partial charge in [-0.05, 0) is 19.3 Å². The Balaban J connectivity index is 4.01. The van der Waals surface area contributed by atoms with Crippen LogP contribution >= 0.6 is 0 Å². The van der Waals surface area contributed by atoms with E-state index in [4.69, 9.17) is 4.74 Å². The third kappa shape index (κ3) is 20.1. The van der Waals surface area contributed by atoms with Crippen molar-refractivity contribution >= 4 is 11.9 Å². The molecule has 0 radical (unpaired) electrons. The molecule has 0 aromatic heterocycles. The summed E-state index contributed by atoms with van der Waals surface area (Å²) in [4.78, 5) is 22.2. The van der Waals surface area contributed by atoms with Gasteiger partial charge in [0.25, 0.3) is 0 Å². The first-order valence-electron chi connectivity index (χ1n) is 11.5. The summed E-state index contributed by atoms with van der Waals surface area (Å²) in [5.41, 5.74) is 0. The zero-order valence-corrected chi connectivity index (χ0v) is 19.7. The van der Waals surface area contributed by atoms with E-state index in [0.717, 1.165) is 25.7 Å². The molecular formula is C25H40O8. The van der Waals surface area contributed by atoms with Crippen LogP contribution in [-0.4, -0.2) is 70.0 Å². The second-order valence-electron chi connectivity index (χ2n) is 7.69. The molecule has 4 N–H and O–H groups in total. The van der Waals surface area contributed by atoms with Crippen LogP contribution in [0.5, 0.6) is 0 Å². The van der Waals surface area contributed by atoms with E-state index in [1.807, 2.05) is 0 Å². The van der Waals surface area contributed by atoms with Crippen LogP contribution in [0.2, 0.25) is 0 Å². The van der Waals surface area contributed by atoms with Gasteiger partial charge in [-0.15, -0.1) is 0 Å². The standard InChI is InChI=1S/C25H40O8/c1-3-4-9-13-21(27)14-10-7-5-6-8-11-15-23(29)24(30)16-12-17-25(31)33-19-22(28)18-32-20(2)26/h5-8,10-11,14-15,21-24,27-30H,3-4,9,12-13,16-19H2,1-2H3/b7-5-,8-6+,14-10+,15-11+/t21-,22-,23-,24-/m1/s1. The first-order valence-corrected chi connectivity index (χ1v) is 11.5. The highest BCUT2D eigenvalue weighted by Gasteiger charge is 2.15. The molecule has 0 aromatic rings. The topological polar surface area (TPSA) is 134 Å². The van der Waals surface area contributed by atoms with Crippen molar-refractivity contribution in [1.82, 2.24) is 0 Å². The Kier molecular flexibility index (Phi) is 19.0. The van der Waals surface area contributed by atoms with Gasteiger partial charge < -0.3 is 29.9 Å². The number of aliphatic hydroxyl groups is 4. The molecule has 0 heterocycles. The minimum atomic E-state index is -1.09. The molecule has 0 unspecified atom stereocenters. The molecule has 0 aliphatic carbocycles. The second-order valence-corrected chi connectivity index (χ2v) is 7.69. The van der Waals surface area contributed by atoms with Gasteiger partial charge in [0.2, 0.25) is 0 Å². The van der Waals surface area contributed by atoms with Gasteiger partial charge in [0.15, 0.2) is 0 Å². The third-order valence-corrected chi connectivity index (χ3v) is 4.49. The molecule has 0 aliphatic rings. The zero-order chi connectivity index (χ0) is 24.9. The fourth-order valence-corrected chi connectivity index (χ4v) is 2.60. The Morgan fingerprint density at radius 1 is 0.788 bits per heavy atom. The number of aliphatic hydroxyl groups excluding tert-OH is 4. The number of esters is 2. The van der Waals surface area contributed by atoms with Crippen LogP contribution in [0.1, 0.15) is 58.8 Å². The molecule has 0 fully saturated rings. The largest absolute Gasteiger partial charge is 0.463 e. The fraction of sp³-hybridized carbons (Fsp3) is 0.600. The molecule has 0 saturated heterocycles. The van der Waals surface area contributed by atoms with Crippen molar-refractivity contribution in [3.8, 4) is 0 Å². The number of hydrogen-bond acceptors (Lipinski definition) is 8. The van der Waals surface area contributed by atoms with E-state index in [-0.39, 0.29) is 26.1 Å². The molecular weight excluding hydrogens is 428 g/mol. The number of rotatable bonds is 18. The Labute approximate surface area is 196 Å². The summed E-state index contributed by atoms with van der Waals surface area (Å²) in [6.07, 6.45) is 14.6. The second kappa shape index (κ2) is 20.4. The molecule has 33 heavy (non-hydrogen) atoms. The zero-order valence-electron chi connectivity index (χ0n) is 19.7. The van der Waals surface area contributed by atoms with Gasteiger partial charge in [0.05, 0.1) is 18.3 Å². The summed E-state index contributed by atoms with van der Waals surface area (Å²) >= 11 is 0. The predicted octanol–water partition coefficient (Wildman–Crippen LogP) is 2.51. The SMILES string of the molecule is CCCCC[C@@H](O)/C=C/C=C\C=C\C=C\[C@@H](O)[C@H](O)CCCC(=O)OC[C@H](O)COC(C)=O. The molecule has 0 rings (SSSR count). The van der Waals surface area contributed by atoms with Crippen LogP contribution in [0, 0.1) is 0 Å². The highest BCUT2D eigenvalue weighted by atomic mass is 16.6. The minimum absolute atomic E-state index is 0.0271. The summed E-state index contributed by atoms with van der Waals surface area (Å²) in [7, 11) is 0. The summed E-state index contributed by atoms with van der Waals surface area (Å²) in [5, 5.41) is 39.1. The van der Waals surface area contributed by atoms with Crippen molar-refractivity contribution in [3.63, 3.8) is 0 Å². The van der Waals surface area contributed by atoms with E-state index in [1.54, 1.807) is 42.5 Å². The first kappa shape index (κ1) is 30.7. The highest BCUT2D eigenvalue weighted by molar-refractivity contribution is 5.69. The summed E-state index contributed by atoms with van der Waals surface area (Å²) in [6.45, 7) is 2.81. The monoisotopic (exact) mass is 468 g/mol. The molecule has 4 atom stereocenters. The molecule has 8 nitrogen and oxygen atoms in total.